The molecule has 0 amide bonds. The minimum Gasteiger partial charge on any atom is -0.496 e. The van der Waals surface area contributed by atoms with E-state index in [9.17, 15) is 5.11 Å². The number of aliphatic hydroxyl groups excluding tert-OH is 1. The molecule has 0 aliphatic carbocycles. The first-order valence-electron chi connectivity index (χ1n) is 9.38. The Hall–Kier alpha value is -1.93. The van der Waals surface area contributed by atoms with Crippen molar-refractivity contribution in [2.24, 2.45) is 0 Å². The van der Waals surface area contributed by atoms with Crippen LogP contribution in [-0.4, -0.2) is 72.6 Å². The van der Waals surface area contributed by atoms with Crippen LogP contribution in [0.3, 0.4) is 0 Å². The molecule has 7 heteroatoms. The summed E-state index contributed by atoms with van der Waals surface area (Å²) in [7, 11) is 1.65. The highest BCUT2D eigenvalue weighted by Crippen LogP contribution is 2.18. The van der Waals surface area contributed by atoms with Crippen LogP contribution in [-0.2, 0) is 17.9 Å². The lowest BCUT2D eigenvalue weighted by atomic mass is 10.2. The van der Waals surface area contributed by atoms with Gasteiger partial charge in [-0.15, -0.1) is 0 Å². The Bertz CT molecular complexity index is 698. The summed E-state index contributed by atoms with van der Waals surface area (Å²) >= 11 is 0. The molecule has 1 fully saturated rings. The molecule has 1 aromatic heterocycles. The first-order valence-corrected chi connectivity index (χ1v) is 9.38. The molecule has 0 spiro atoms. The van der Waals surface area contributed by atoms with E-state index in [-0.39, 0.29) is 0 Å². The number of aliphatic hydroxyl groups is 1. The number of hydrogen-bond acceptors (Lipinski definition) is 7. The number of aromatic nitrogens is 1. The van der Waals surface area contributed by atoms with E-state index >= 15 is 0 Å². The fourth-order valence-corrected chi connectivity index (χ4v) is 3.33. The minimum atomic E-state index is -0.496. The van der Waals surface area contributed by atoms with Gasteiger partial charge in [0.05, 0.1) is 32.1 Å². The lowest BCUT2D eigenvalue weighted by Gasteiger charge is -2.35. The van der Waals surface area contributed by atoms with Crippen molar-refractivity contribution in [3.05, 3.63) is 47.3 Å². The van der Waals surface area contributed by atoms with Crippen LogP contribution in [0.25, 0.3) is 0 Å². The number of benzene rings is 1. The summed E-state index contributed by atoms with van der Waals surface area (Å²) in [4.78, 5) is 4.64. The fraction of sp³-hybridized carbons (Fsp3) is 0.550. The van der Waals surface area contributed by atoms with Crippen LogP contribution in [0, 0.1) is 6.92 Å². The van der Waals surface area contributed by atoms with Gasteiger partial charge < -0.3 is 19.1 Å². The molecule has 7 nitrogen and oxygen atoms in total. The van der Waals surface area contributed by atoms with Crippen LogP contribution >= 0.6 is 0 Å². The number of piperazine rings is 1. The molecule has 0 saturated carbocycles. The lowest BCUT2D eigenvalue weighted by Crippen LogP contribution is -2.48. The molecule has 3 rings (SSSR count). The number of ether oxygens (including phenoxy) is 2. The second kappa shape index (κ2) is 9.85. The van der Waals surface area contributed by atoms with E-state index in [1.54, 1.807) is 7.11 Å². The third-order valence-electron chi connectivity index (χ3n) is 4.76. The SMILES string of the molecule is COc1ccccc1COCC(O)CN1CCN(Cc2cc(C)on2)CC1. The molecule has 1 saturated heterocycles. The first-order chi connectivity index (χ1) is 13.1. The molecular formula is C20H29N3O4. The Morgan fingerprint density at radius 1 is 1.19 bits per heavy atom. The van der Waals surface area contributed by atoms with Crippen molar-refractivity contribution in [3.63, 3.8) is 0 Å². The van der Waals surface area contributed by atoms with Gasteiger partial charge in [0.15, 0.2) is 0 Å². The molecule has 2 aromatic rings. The normalized spacial score (nSPS) is 17.1. The van der Waals surface area contributed by atoms with E-state index in [4.69, 9.17) is 14.0 Å². The van der Waals surface area contributed by atoms with Gasteiger partial charge in [-0.25, -0.2) is 0 Å². The van der Waals surface area contributed by atoms with E-state index in [1.807, 2.05) is 37.3 Å². The molecule has 1 N–H and O–H groups in total. The van der Waals surface area contributed by atoms with Gasteiger partial charge >= 0.3 is 0 Å². The number of nitrogens with zero attached hydrogens (tertiary/aromatic N) is 3. The summed E-state index contributed by atoms with van der Waals surface area (Å²) in [5, 5.41) is 14.3. The van der Waals surface area contributed by atoms with E-state index < -0.39 is 6.10 Å². The van der Waals surface area contributed by atoms with E-state index in [1.165, 1.54) is 0 Å². The zero-order valence-electron chi connectivity index (χ0n) is 16.1. The zero-order valence-corrected chi connectivity index (χ0v) is 16.1. The Balaban J connectivity index is 1.34. The highest BCUT2D eigenvalue weighted by molar-refractivity contribution is 5.32. The van der Waals surface area contributed by atoms with Gasteiger partial charge in [-0.1, -0.05) is 23.4 Å². The van der Waals surface area contributed by atoms with Crippen LogP contribution < -0.4 is 4.74 Å². The number of rotatable bonds is 9. The maximum absolute atomic E-state index is 10.3. The van der Waals surface area contributed by atoms with Gasteiger partial charge in [-0.05, 0) is 13.0 Å². The number of para-hydroxylation sites is 1. The van der Waals surface area contributed by atoms with Crippen molar-refractivity contribution in [3.8, 4) is 5.75 Å². The quantitative estimate of drug-likeness (QED) is 0.715. The van der Waals surface area contributed by atoms with E-state index in [0.717, 1.165) is 55.5 Å². The maximum atomic E-state index is 10.3. The molecule has 1 unspecified atom stereocenters. The smallest absolute Gasteiger partial charge is 0.133 e. The Morgan fingerprint density at radius 2 is 1.93 bits per heavy atom. The zero-order chi connectivity index (χ0) is 19.1. The number of aryl methyl sites for hydroxylation is 1. The van der Waals surface area contributed by atoms with Gasteiger partial charge in [0.25, 0.3) is 0 Å². The number of hydrogen-bond donors (Lipinski definition) is 1. The largest absolute Gasteiger partial charge is 0.496 e. The van der Waals surface area contributed by atoms with Gasteiger partial charge in [-0.3, -0.25) is 9.80 Å². The number of methoxy groups -OCH3 is 1. The van der Waals surface area contributed by atoms with Crippen molar-refractivity contribution in [2.75, 3.05) is 46.4 Å². The van der Waals surface area contributed by atoms with Crippen LogP contribution in [0.15, 0.2) is 34.9 Å². The third-order valence-corrected chi connectivity index (χ3v) is 4.76. The predicted molar refractivity (Wildman–Crippen MR) is 102 cm³/mol. The van der Waals surface area contributed by atoms with Crippen molar-refractivity contribution >= 4 is 0 Å². The second-order valence-corrected chi connectivity index (χ2v) is 6.99. The molecular weight excluding hydrogens is 346 g/mol. The summed E-state index contributed by atoms with van der Waals surface area (Å²) in [6.45, 7) is 7.88. The monoisotopic (exact) mass is 375 g/mol. The summed E-state index contributed by atoms with van der Waals surface area (Å²) in [6, 6.07) is 9.75. The first kappa shape index (κ1) is 19.8. The molecule has 0 bridgehead atoms. The molecule has 0 radical (unpaired) electrons. The topological polar surface area (TPSA) is 71.2 Å². The Morgan fingerprint density at radius 3 is 2.63 bits per heavy atom. The molecule has 27 heavy (non-hydrogen) atoms. The molecule has 1 aromatic carbocycles. The Labute approximate surface area is 160 Å². The van der Waals surface area contributed by atoms with E-state index in [2.05, 4.69) is 15.0 Å². The van der Waals surface area contributed by atoms with Crippen LogP contribution in [0.1, 0.15) is 17.0 Å². The van der Waals surface area contributed by atoms with Gasteiger partial charge in [0.2, 0.25) is 0 Å². The third kappa shape index (κ3) is 6.04. The predicted octanol–water partition coefficient (Wildman–Crippen LogP) is 1.69. The maximum Gasteiger partial charge on any atom is 0.133 e. The molecule has 1 atom stereocenters. The van der Waals surface area contributed by atoms with Crippen LogP contribution in [0.4, 0.5) is 0 Å². The standard InChI is InChI=1S/C20H29N3O4/c1-16-11-18(21-27-16)12-22-7-9-23(10-8-22)13-19(24)15-26-14-17-5-3-4-6-20(17)25-2/h3-6,11,19,24H,7-10,12-15H2,1-2H3. The summed E-state index contributed by atoms with van der Waals surface area (Å²) in [5.74, 6) is 1.66. The summed E-state index contributed by atoms with van der Waals surface area (Å²) < 4.78 is 16.1. The lowest BCUT2D eigenvalue weighted by molar-refractivity contribution is 0.000362. The van der Waals surface area contributed by atoms with Gasteiger partial charge in [-0.2, -0.15) is 0 Å². The molecule has 1 aliphatic rings. The van der Waals surface area contributed by atoms with Crippen LogP contribution in [0.5, 0.6) is 5.75 Å². The Kier molecular flexibility index (Phi) is 7.23. The minimum absolute atomic E-state index is 0.316. The average Bonchev–Trinajstić information content (AvgIpc) is 3.08. The highest BCUT2D eigenvalue weighted by atomic mass is 16.5. The van der Waals surface area contributed by atoms with Crippen LogP contribution in [0.2, 0.25) is 0 Å². The highest BCUT2D eigenvalue weighted by Gasteiger charge is 2.20. The van der Waals surface area contributed by atoms with Gasteiger partial charge in [0, 0.05) is 50.9 Å². The van der Waals surface area contributed by atoms with Crippen molar-refractivity contribution in [1.29, 1.82) is 0 Å². The summed E-state index contributed by atoms with van der Waals surface area (Å²) in [6.07, 6.45) is -0.496. The summed E-state index contributed by atoms with van der Waals surface area (Å²) in [5.41, 5.74) is 1.97. The second-order valence-electron chi connectivity index (χ2n) is 6.99. The van der Waals surface area contributed by atoms with Crippen molar-refractivity contribution in [1.82, 2.24) is 15.0 Å². The van der Waals surface area contributed by atoms with E-state index in [0.29, 0.717) is 19.8 Å². The van der Waals surface area contributed by atoms with Gasteiger partial charge in [0.1, 0.15) is 11.5 Å². The molecule has 2 heterocycles. The average molecular weight is 375 g/mol. The fourth-order valence-electron chi connectivity index (χ4n) is 3.33. The number of β-amino-alcohol motifs (C(OH)–C–C–N with tert-alkyl or cyclic N) is 1. The van der Waals surface area contributed by atoms with Crippen molar-refractivity contribution in [2.45, 2.75) is 26.2 Å². The molecule has 148 valence electrons. The molecule has 1 aliphatic heterocycles. The van der Waals surface area contributed by atoms with Crippen molar-refractivity contribution < 1.29 is 19.1 Å².